The molecule has 0 N–H and O–H groups in total. The van der Waals surface area contributed by atoms with Crippen molar-refractivity contribution < 1.29 is 0 Å². The van der Waals surface area contributed by atoms with Gasteiger partial charge in [-0.15, -0.1) is 6.58 Å². The molecule has 15 heavy (non-hydrogen) atoms. The SMILES string of the molecule is C=CC/C=C\CC/C(=C\C)CCCCC. The lowest BCUT2D eigenvalue weighted by Gasteiger charge is -2.04. The van der Waals surface area contributed by atoms with Crippen molar-refractivity contribution in [3.63, 3.8) is 0 Å². The molecule has 0 aliphatic heterocycles. The van der Waals surface area contributed by atoms with E-state index < -0.39 is 0 Å². The highest BCUT2D eigenvalue weighted by atomic mass is 14.0. The zero-order valence-corrected chi connectivity index (χ0v) is 10.5. The molecule has 0 fully saturated rings. The zero-order chi connectivity index (χ0) is 11.4. The second-order valence-electron chi connectivity index (χ2n) is 3.94. The van der Waals surface area contributed by atoms with Crippen LogP contribution in [0.4, 0.5) is 0 Å². The summed E-state index contributed by atoms with van der Waals surface area (Å²) in [5.41, 5.74) is 1.62. The van der Waals surface area contributed by atoms with E-state index in [9.17, 15) is 0 Å². The highest BCUT2D eigenvalue weighted by Crippen LogP contribution is 2.14. The largest absolute Gasteiger partial charge is 0.103 e. The average molecular weight is 206 g/mol. The van der Waals surface area contributed by atoms with Crippen molar-refractivity contribution in [1.82, 2.24) is 0 Å². The molecule has 0 aliphatic carbocycles. The zero-order valence-electron chi connectivity index (χ0n) is 10.5. The molecule has 0 aromatic heterocycles. The molecule has 0 saturated heterocycles. The predicted molar refractivity (Wildman–Crippen MR) is 71.1 cm³/mol. The maximum absolute atomic E-state index is 3.70. The van der Waals surface area contributed by atoms with Gasteiger partial charge in [-0.2, -0.15) is 0 Å². The minimum Gasteiger partial charge on any atom is -0.103 e. The summed E-state index contributed by atoms with van der Waals surface area (Å²) in [4.78, 5) is 0. The number of rotatable bonds is 9. The van der Waals surface area contributed by atoms with Crippen molar-refractivity contribution in [2.24, 2.45) is 0 Å². The Labute approximate surface area is 95.8 Å². The van der Waals surface area contributed by atoms with E-state index in [1.54, 1.807) is 5.57 Å². The van der Waals surface area contributed by atoms with Crippen LogP contribution >= 0.6 is 0 Å². The molecule has 0 unspecified atom stereocenters. The Bertz CT molecular complexity index is 196. The summed E-state index contributed by atoms with van der Waals surface area (Å²) < 4.78 is 0. The molecular formula is C15H26. The Kier molecular flexibility index (Phi) is 10.7. The van der Waals surface area contributed by atoms with Crippen molar-refractivity contribution >= 4 is 0 Å². The van der Waals surface area contributed by atoms with E-state index in [0.717, 1.165) is 6.42 Å². The maximum Gasteiger partial charge on any atom is -0.0172 e. The van der Waals surface area contributed by atoms with E-state index in [1.807, 2.05) is 6.08 Å². The Balaban J connectivity index is 3.57. The smallest absolute Gasteiger partial charge is 0.0172 e. The summed E-state index contributed by atoms with van der Waals surface area (Å²) in [5.74, 6) is 0. The van der Waals surface area contributed by atoms with Gasteiger partial charge in [-0.25, -0.2) is 0 Å². The summed E-state index contributed by atoms with van der Waals surface area (Å²) in [6.07, 6.45) is 17.4. The number of hydrogen-bond acceptors (Lipinski definition) is 0. The predicted octanol–water partition coefficient (Wildman–Crippen LogP) is 5.43. The van der Waals surface area contributed by atoms with Gasteiger partial charge < -0.3 is 0 Å². The molecule has 0 radical (unpaired) electrons. The van der Waals surface area contributed by atoms with Gasteiger partial charge in [-0.05, 0) is 39.0 Å². The van der Waals surface area contributed by atoms with Gasteiger partial charge in [0.15, 0.2) is 0 Å². The van der Waals surface area contributed by atoms with E-state index in [4.69, 9.17) is 0 Å². The van der Waals surface area contributed by atoms with Crippen LogP contribution in [0.3, 0.4) is 0 Å². The van der Waals surface area contributed by atoms with Gasteiger partial charge in [0.25, 0.3) is 0 Å². The minimum absolute atomic E-state index is 1.00. The van der Waals surface area contributed by atoms with Crippen LogP contribution in [0.2, 0.25) is 0 Å². The van der Waals surface area contributed by atoms with Crippen LogP contribution in [-0.4, -0.2) is 0 Å². The van der Waals surface area contributed by atoms with E-state index in [1.165, 1.54) is 38.5 Å². The fraction of sp³-hybridized carbons (Fsp3) is 0.600. The molecular weight excluding hydrogens is 180 g/mol. The summed E-state index contributed by atoms with van der Waals surface area (Å²) in [7, 11) is 0. The third kappa shape index (κ3) is 9.52. The first kappa shape index (κ1) is 14.2. The molecule has 0 spiro atoms. The molecule has 86 valence electrons. The lowest BCUT2D eigenvalue weighted by atomic mass is 10.0. The lowest BCUT2D eigenvalue weighted by molar-refractivity contribution is 0.695. The summed E-state index contributed by atoms with van der Waals surface area (Å²) >= 11 is 0. The van der Waals surface area contributed by atoms with E-state index in [2.05, 4.69) is 38.7 Å². The standard InChI is InChI=1S/C15H26/c1-4-7-9-10-12-14-15(6-3)13-11-8-5-2/h4,6,9-10H,1,5,7-8,11-14H2,2-3H3/b10-9-,15-6-. The normalized spacial score (nSPS) is 12.3. The molecule has 0 aromatic carbocycles. The number of allylic oxidation sites excluding steroid dienone is 5. The van der Waals surface area contributed by atoms with Gasteiger partial charge in [0.05, 0.1) is 0 Å². The van der Waals surface area contributed by atoms with Crippen LogP contribution in [-0.2, 0) is 0 Å². The van der Waals surface area contributed by atoms with Crippen molar-refractivity contribution in [2.75, 3.05) is 0 Å². The third-order valence-electron chi connectivity index (χ3n) is 2.61. The first-order valence-corrected chi connectivity index (χ1v) is 6.25. The second kappa shape index (κ2) is 11.3. The maximum atomic E-state index is 3.70. The molecule has 0 heteroatoms. The molecule has 0 atom stereocenters. The topological polar surface area (TPSA) is 0 Å². The van der Waals surface area contributed by atoms with Gasteiger partial charge in [0.1, 0.15) is 0 Å². The molecule has 0 amide bonds. The molecule has 0 rings (SSSR count). The Morgan fingerprint density at radius 2 is 1.93 bits per heavy atom. The van der Waals surface area contributed by atoms with Gasteiger partial charge in [0.2, 0.25) is 0 Å². The van der Waals surface area contributed by atoms with Crippen LogP contribution in [0.5, 0.6) is 0 Å². The van der Waals surface area contributed by atoms with Crippen LogP contribution < -0.4 is 0 Å². The monoisotopic (exact) mass is 206 g/mol. The fourth-order valence-corrected chi connectivity index (χ4v) is 1.59. The summed E-state index contributed by atoms with van der Waals surface area (Å²) in [6.45, 7) is 8.12. The Hall–Kier alpha value is -0.780. The molecule has 0 heterocycles. The first-order chi connectivity index (χ1) is 7.35. The van der Waals surface area contributed by atoms with Crippen molar-refractivity contribution in [3.8, 4) is 0 Å². The second-order valence-corrected chi connectivity index (χ2v) is 3.94. The van der Waals surface area contributed by atoms with Crippen molar-refractivity contribution in [1.29, 1.82) is 0 Å². The first-order valence-electron chi connectivity index (χ1n) is 6.25. The van der Waals surface area contributed by atoms with E-state index >= 15 is 0 Å². The van der Waals surface area contributed by atoms with Crippen molar-refractivity contribution in [3.05, 3.63) is 36.5 Å². The van der Waals surface area contributed by atoms with E-state index in [0.29, 0.717) is 0 Å². The van der Waals surface area contributed by atoms with Crippen molar-refractivity contribution in [2.45, 2.75) is 58.8 Å². The fourth-order valence-electron chi connectivity index (χ4n) is 1.59. The van der Waals surface area contributed by atoms with Crippen LogP contribution in [0.25, 0.3) is 0 Å². The summed E-state index contributed by atoms with van der Waals surface area (Å²) in [6, 6.07) is 0. The lowest BCUT2D eigenvalue weighted by Crippen LogP contribution is -1.84. The quantitative estimate of drug-likeness (QED) is 0.349. The molecule has 0 saturated carbocycles. The van der Waals surface area contributed by atoms with Gasteiger partial charge in [0, 0.05) is 0 Å². The molecule has 0 aromatic rings. The highest BCUT2D eigenvalue weighted by molar-refractivity contribution is 5.02. The van der Waals surface area contributed by atoms with Gasteiger partial charge in [-0.3, -0.25) is 0 Å². The van der Waals surface area contributed by atoms with Crippen LogP contribution in [0.1, 0.15) is 58.8 Å². The Morgan fingerprint density at radius 1 is 1.13 bits per heavy atom. The Morgan fingerprint density at radius 3 is 2.53 bits per heavy atom. The minimum atomic E-state index is 1.00. The summed E-state index contributed by atoms with van der Waals surface area (Å²) in [5, 5.41) is 0. The number of unbranched alkanes of at least 4 members (excludes halogenated alkanes) is 2. The van der Waals surface area contributed by atoms with Gasteiger partial charge in [-0.1, -0.05) is 49.6 Å². The third-order valence-corrected chi connectivity index (χ3v) is 2.61. The van der Waals surface area contributed by atoms with Crippen LogP contribution in [0.15, 0.2) is 36.5 Å². The number of hydrogen-bond donors (Lipinski definition) is 0. The van der Waals surface area contributed by atoms with Gasteiger partial charge >= 0.3 is 0 Å². The van der Waals surface area contributed by atoms with E-state index in [-0.39, 0.29) is 0 Å². The van der Waals surface area contributed by atoms with Crippen LogP contribution in [0, 0.1) is 0 Å². The average Bonchev–Trinajstić information content (AvgIpc) is 2.26. The molecule has 0 nitrogen and oxygen atoms in total. The molecule has 0 aliphatic rings. The highest BCUT2D eigenvalue weighted by Gasteiger charge is 1.94. The molecule has 0 bridgehead atoms.